The molecule has 2 atom stereocenters. The summed E-state index contributed by atoms with van der Waals surface area (Å²) in [6.07, 6.45) is 0.225. The van der Waals surface area contributed by atoms with Crippen LogP contribution in [0.2, 0.25) is 0 Å². The number of hydrogen-bond acceptors (Lipinski definition) is 3. The summed E-state index contributed by atoms with van der Waals surface area (Å²) < 4.78 is 5.53. The topological polar surface area (TPSA) is 41.6 Å². The van der Waals surface area contributed by atoms with Gasteiger partial charge in [0.05, 0.1) is 18.8 Å². The van der Waals surface area contributed by atoms with Crippen LogP contribution in [0, 0.1) is 0 Å². The van der Waals surface area contributed by atoms with Crippen molar-refractivity contribution in [3.8, 4) is 0 Å². The molecule has 68 valence electrons. The molecule has 0 saturated carbocycles. The maximum Gasteiger partial charge on any atom is 0.219 e. The third-order valence-electron chi connectivity index (χ3n) is 2.55. The van der Waals surface area contributed by atoms with E-state index in [1.165, 1.54) is 0 Å². The molecule has 2 heterocycles. The number of fused-ring (bicyclic) bond motifs is 1. The molecule has 2 fully saturated rings. The molecule has 0 aromatic heterocycles. The van der Waals surface area contributed by atoms with Crippen LogP contribution in [0.25, 0.3) is 0 Å². The van der Waals surface area contributed by atoms with E-state index in [-0.39, 0.29) is 12.0 Å². The van der Waals surface area contributed by atoms with E-state index in [9.17, 15) is 4.79 Å². The molecule has 0 aromatic carbocycles. The van der Waals surface area contributed by atoms with Crippen LogP contribution in [0.3, 0.4) is 0 Å². The van der Waals surface area contributed by atoms with Crippen molar-refractivity contribution in [3.05, 3.63) is 0 Å². The minimum Gasteiger partial charge on any atom is -0.373 e. The lowest BCUT2D eigenvalue weighted by Crippen LogP contribution is -2.47. The van der Waals surface area contributed by atoms with Crippen molar-refractivity contribution >= 4 is 5.91 Å². The van der Waals surface area contributed by atoms with E-state index in [4.69, 9.17) is 4.74 Å². The van der Waals surface area contributed by atoms with Gasteiger partial charge in [-0.25, -0.2) is 0 Å². The van der Waals surface area contributed by atoms with Gasteiger partial charge in [-0.05, 0) is 0 Å². The standard InChI is InChI=1S/C8H14N2O2/c1-6(11)10-4-7-8(5-10)12-3-2-9-7/h7-9H,2-5H2,1H3. The predicted molar refractivity (Wildman–Crippen MR) is 43.8 cm³/mol. The first-order valence-electron chi connectivity index (χ1n) is 4.38. The van der Waals surface area contributed by atoms with Gasteiger partial charge in [0.2, 0.25) is 5.91 Å². The van der Waals surface area contributed by atoms with Gasteiger partial charge < -0.3 is 15.0 Å². The first kappa shape index (κ1) is 8.01. The third kappa shape index (κ3) is 1.32. The molecule has 0 spiro atoms. The predicted octanol–water partition coefficient (Wildman–Crippen LogP) is -0.794. The molecule has 4 nitrogen and oxygen atoms in total. The van der Waals surface area contributed by atoms with E-state index < -0.39 is 0 Å². The molecule has 0 aromatic rings. The number of morpholine rings is 1. The zero-order valence-corrected chi connectivity index (χ0v) is 7.25. The maximum atomic E-state index is 11.0. The zero-order chi connectivity index (χ0) is 8.55. The highest BCUT2D eigenvalue weighted by Crippen LogP contribution is 2.15. The maximum absolute atomic E-state index is 11.0. The first-order valence-corrected chi connectivity index (χ1v) is 4.38. The largest absolute Gasteiger partial charge is 0.373 e. The lowest BCUT2D eigenvalue weighted by atomic mass is 10.2. The quantitative estimate of drug-likeness (QED) is 0.518. The number of ether oxygens (including phenoxy) is 1. The van der Waals surface area contributed by atoms with Crippen LogP contribution in [-0.2, 0) is 9.53 Å². The fourth-order valence-corrected chi connectivity index (χ4v) is 1.85. The van der Waals surface area contributed by atoms with Crippen molar-refractivity contribution in [2.24, 2.45) is 0 Å². The lowest BCUT2D eigenvalue weighted by Gasteiger charge is -2.25. The van der Waals surface area contributed by atoms with Gasteiger partial charge in [0.15, 0.2) is 0 Å². The number of likely N-dealkylation sites (tertiary alicyclic amines) is 1. The van der Waals surface area contributed by atoms with Crippen molar-refractivity contribution in [1.82, 2.24) is 10.2 Å². The number of hydrogen-bond donors (Lipinski definition) is 1. The Morgan fingerprint density at radius 3 is 3.08 bits per heavy atom. The Kier molecular flexibility index (Phi) is 2.02. The Morgan fingerprint density at radius 2 is 2.42 bits per heavy atom. The van der Waals surface area contributed by atoms with E-state index in [0.29, 0.717) is 6.04 Å². The number of nitrogens with one attached hydrogen (secondary N) is 1. The second-order valence-electron chi connectivity index (χ2n) is 3.39. The van der Waals surface area contributed by atoms with Gasteiger partial charge in [-0.15, -0.1) is 0 Å². The summed E-state index contributed by atoms with van der Waals surface area (Å²) in [4.78, 5) is 12.9. The number of carbonyl (C=O) groups excluding carboxylic acids is 1. The molecule has 1 amide bonds. The third-order valence-corrected chi connectivity index (χ3v) is 2.55. The number of amides is 1. The van der Waals surface area contributed by atoms with Crippen LogP contribution in [0.15, 0.2) is 0 Å². The van der Waals surface area contributed by atoms with E-state index >= 15 is 0 Å². The Morgan fingerprint density at radius 1 is 1.58 bits per heavy atom. The van der Waals surface area contributed by atoms with E-state index in [1.807, 2.05) is 4.90 Å². The van der Waals surface area contributed by atoms with Gasteiger partial charge in [-0.1, -0.05) is 0 Å². The summed E-state index contributed by atoms with van der Waals surface area (Å²) in [6.45, 7) is 4.85. The summed E-state index contributed by atoms with van der Waals surface area (Å²) >= 11 is 0. The highest BCUT2D eigenvalue weighted by atomic mass is 16.5. The molecular weight excluding hydrogens is 156 g/mol. The number of nitrogens with zero attached hydrogens (tertiary/aromatic N) is 1. The molecule has 12 heavy (non-hydrogen) atoms. The van der Waals surface area contributed by atoms with Crippen molar-refractivity contribution < 1.29 is 9.53 Å². The smallest absolute Gasteiger partial charge is 0.219 e. The molecule has 0 aliphatic carbocycles. The Balaban J connectivity index is 1.98. The van der Waals surface area contributed by atoms with Crippen LogP contribution >= 0.6 is 0 Å². The number of carbonyl (C=O) groups is 1. The molecule has 2 rings (SSSR count). The van der Waals surface area contributed by atoms with Gasteiger partial charge in [0, 0.05) is 26.6 Å². The van der Waals surface area contributed by atoms with Crippen LogP contribution in [0.1, 0.15) is 6.92 Å². The molecule has 4 heteroatoms. The van der Waals surface area contributed by atoms with Crippen molar-refractivity contribution in [1.29, 1.82) is 0 Å². The van der Waals surface area contributed by atoms with E-state index in [1.54, 1.807) is 6.92 Å². The molecule has 2 saturated heterocycles. The van der Waals surface area contributed by atoms with Gasteiger partial charge >= 0.3 is 0 Å². The van der Waals surface area contributed by atoms with Crippen molar-refractivity contribution in [3.63, 3.8) is 0 Å². The zero-order valence-electron chi connectivity index (χ0n) is 7.25. The summed E-state index contributed by atoms with van der Waals surface area (Å²) in [5, 5.41) is 3.35. The molecule has 0 radical (unpaired) electrons. The fourth-order valence-electron chi connectivity index (χ4n) is 1.85. The summed E-state index contributed by atoms with van der Waals surface area (Å²) in [6, 6.07) is 0.364. The highest BCUT2D eigenvalue weighted by Gasteiger charge is 2.36. The molecule has 0 bridgehead atoms. The fraction of sp³-hybridized carbons (Fsp3) is 0.875. The first-order chi connectivity index (χ1) is 5.77. The van der Waals surface area contributed by atoms with E-state index in [0.717, 1.165) is 26.2 Å². The van der Waals surface area contributed by atoms with Crippen molar-refractivity contribution in [2.75, 3.05) is 26.2 Å². The second-order valence-corrected chi connectivity index (χ2v) is 3.39. The van der Waals surface area contributed by atoms with Gasteiger partial charge in [0.25, 0.3) is 0 Å². The summed E-state index contributed by atoms with van der Waals surface area (Å²) in [5.74, 6) is 0.148. The summed E-state index contributed by atoms with van der Waals surface area (Å²) in [5.41, 5.74) is 0. The molecule has 1 N–H and O–H groups in total. The SMILES string of the molecule is CC(=O)N1CC2NCCOC2C1. The van der Waals surface area contributed by atoms with Crippen LogP contribution < -0.4 is 5.32 Å². The van der Waals surface area contributed by atoms with Gasteiger partial charge in [-0.3, -0.25) is 4.79 Å². The Bertz CT molecular complexity index is 181. The molecular formula is C8H14N2O2. The monoisotopic (exact) mass is 170 g/mol. The minimum absolute atomic E-state index is 0.148. The Labute approximate surface area is 71.9 Å². The Hall–Kier alpha value is -0.610. The van der Waals surface area contributed by atoms with Crippen LogP contribution in [0.4, 0.5) is 0 Å². The summed E-state index contributed by atoms with van der Waals surface area (Å²) in [7, 11) is 0. The van der Waals surface area contributed by atoms with Crippen molar-refractivity contribution in [2.45, 2.75) is 19.1 Å². The molecule has 2 unspecified atom stereocenters. The van der Waals surface area contributed by atoms with Gasteiger partial charge in [-0.2, -0.15) is 0 Å². The highest BCUT2D eigenvalue weighted by molar-refractivity contribution is 5.73. The average molecular weight is 170 g/mol. The van der Waals surface area contributed by atoms with Gasteiger partial charge in [0.1, 0.15) is 0 Å². The van der Waals surface area contributed by atoms with Crippen LogP contribution in [-0.4, -0.2) is 49.2 Å². The molecule has 2 aliphatic heterocycles. The average Bonchev–Trinajstić information content (AvgIpc) is 2.46. The normalized spacial score (nSPS) is 34.9. The van der Waals surface area contributed by atoms with Crippen LogP contribution in [0.5, 0.6) is 0 Å². The number of rotatable bonds is 0. The lowest BCUT2D eigenvalue weighted by molar-refractivity contribution is -0.128. The second kappa shape index (κ2) is 3.03. The van der Waals surface area contributed by atoms with E-state index in [2.05, 4.69) is 5.32 Å². The minimum atomic E-state index is 0.148. The molecule has 2 aliphatic rings.